The van der Waals surface area contributed by atoms with Crippen LogP contribution in [0.3, 0.4) is 0 Å². The summed E-state index contributed by atoms with van der Waals surface area (Å²) in [6.45, 7) is 3.98. The lowest BCUT2D eigenvalue weighted by molar-refractivity contribution is 0.626. The summed E-state index contributed by atoms with van der Waals surface area (Å²) in [5.74, 6) is -0.226. The van der Waals surface area contributed by atoms with Gasteiger partial charge in [-0.25, -0.2) is 4.39 Å². The molecule has 0 aromatic heterocycles. The van der Waals surface area contributed by atoms with Gasteiger partial charge in [-0.2, -0.15) is 0 Å². The van der Waals surface area contributed by atoms with Gasteiger partial charge >= 0.3 is 0 Å². The number of hydrogen-bond donors (Lipinski definition) is 1. The Morgan fingerprint density at radius 1 is 1.21 bits per heavy atom. The molecule has 0 heterocycles. The maximum atomic E-state index is 12.9. The quantitative estimate of drug-likeness (QED) is 0.752. The van der Waals surface area contributed by atoms with Crippen LogP contribution in [0.4, 0.5) is 10.1 Å². The molecule has 19 heavy (non-hydrogen) atoms. The fraction of sp³-hybridized carbons (Fsp3) is 0.200. The highest BCUT2D eigenvalue weighted by atomic mass is 79.9. The molecule has 1 nitrogen and oxygen atoms in total. The molecular weight excluding hydrogens is 329 g/mol. The molecule has 1 unspecified atom stereocenters. The summed E-state index contributed by atoms with van der Waals surface area (Å²) < 4.78 is 13.9. The summed E-state index contributed by atoms with van der Waals surface area (Å²) in [4.78, 5) is 0. The molecule has 0 aliphatic heterocycles. The number of hydrogen-bond acceptors (Lipinski definition) is 1. The van der Waals surface area contributed by atoms with E-state index in [9.17, 15) is 4.39 Å². The van der Waals surface area contributed by atoms with Gasteiger partial charge in [0, 0.05) is 15.5 Å². The normalized spacial score (nSPS) is 12.3. The smallest absolute Gasteiger partial charge is 0.123 e. The third-order valence-corrected chi connectivity index (χ3v) is 4.05. The number of rotatable bonds is 3. The average Bonchev–Trinajstić information content (AvgIpc) is 2.36. The second-order valence-corrected chi connectivity index (χ2v) is 5.76. The second kappa shape index (κ2) is 5.93. The van der Waals surface area contributed by atoms with E-state index in [0.717, 1.165) is 26.3 Å². The van der Waals surface area contributed by atoms with Crippen LogP contribution in [0.15, 0.2) is 40.9 Å². The summed E-state index contributed by atoms with van der Waals surface area (Å²) in [5.41, 5.74) is 2.96. The first kappa shape index (κ1) is 14.4. The van der Waals surface area contributed by atoms with Gasteiger partial charge < -0.3 is 5.32 Å². The lowest BCUT2D eigenvalue weighted by atomic mass is 10.1. The number of benzene rings is 2. The van der Waals surface area contributed by atoms with Crippen LogP contribution in [0.5, 0.6) is 0 Å². The molecule has 2 rings (SSSR count). The van der Waals surface area contributed by atoms with E-state index in [1.54, 1.807) is 12.1 Å². The van der Waals surface area contributed by atoms with Crippen molar-refractivity contribution in [2.24, 2.45) is 0 Å². The molecule has 1 atom stereocenters. The monoisotopic (exact) mass is 341 g/mol. The summed E-state index contributed by atoms with van der Waals surface area (Å²) in [6, 6.07) is 10.4. The van der Waals surface area contributed by atoms with Crippen molar-refractivity contribution in [3.05, 3.63) is 62.8 Å². The Hall–Kier alpha value is -1.06. The lowest BCUT2D eigenvalue weighted by Gasteiger charge is -2.17. The van der Waals surface area contributed by atoms with Gasteiger partial charge in [0.15, 0.2) is 0 Å². The molecule has 1 N–H and O–H groups in total. The Kier molecular flexibility index (Phi) is 4.48. The predicted molar refractivity (Wildman–Crippen MR) is 82.3 cm³/mol. The highest BCUT2D eigenvalue weighted by molar-refractivity contribution is 9.10. The van der Waals surface area contributed by atoms with E-state index in [1.165, 1.54) is 12.1 Å². The number of nitrogens with one attached hydrogen (secondary N) is 1. The summed E-state index contributed by atoms with van der Waals surface area (Å²) in [5, 5.41) is 4.08. The van der Waals surface area contributed by atoms with E-state index in [-0.39, 0.29) is 11.9 Å². The fourth-order valence-electron chi connectivity index (χ4n) is 1.82. The number of anilines is 1. The van der Waals surface area contributed by atoms with Gasteiger partial charge in [-0.3, -0.25) is 0 Å². The molecule has 4 heteroatoms. The molecule has 100 valence electrons. The largest absolute Gasteiger partial charge is 0.378 e. The van der Waals surface area contributed by atoms with E-state index in [1.807, 2.05) is 26.0 Å². The maximum Gasteiger partial charge on any atom is 0.123 e. The van der Waals surface area contributed by atoms with Crippen LogP contribution >= 0.6 is 27.5 Å². The topological polar surface area (TPSA) is 12.0 Å². The van der Waals surface area contributed by atoms with Crippen LogP contribution in [-0.2, 0) is 0 Å². The van der Waals surface area contributed by atoms with Crippen molar-refractivity contribution in [3.63, 3.8) is 0 Å². The van der Waals surface area contributed by atoms with Crippen molar-refractivity contribution in [1.82, 2.24) is 0 Å². The van der Waals surface area contributed by atoms with Gasteiger partial charge in [0.25, 0.3) is 0 Å². The fourth-order valence-corrected chi connectivity index (χ4v) is 2.56. The van der Waals surface area contributed by atoms with Crippen LogP contribution in [0, 0.1) is 12.7 Å². The Balaban J connectivity index is 2.21. The van der Waals surface area contributed by atoms with Gasteiger partial charge in [-0.05, 0) is 65.2 Å². The van der Waals surface area contributed by atoms with E-state index < -0.39 is 0 Å². The van der Waals surface area contributed by atoms with E-state index in [2.05, 4.69) is 21.2 Å². The molecule has 0 saturated heterocycles. The predicted octanol–water partition coefficient (Wildman–Crippen LogP) is 5.72. The Morgan fingerprint density at radius 2 is 1.84 bits per heavy atom. The first-order chi connectivity index (χ1) is 8.97. The number of aryl methyl sites for hydroxylation is 1. The SMILES string of the molecule is Cc1cc(Br)c(NC(C)c2ccc(F)cc2)cc1Cl. The molecule has 0 bridgehead atoms. The molecule has 0 aliphatic rings. The molecule has 0 amide bonds. The van der Waals surface area contributed by atoms with E-state index in [0.29, 0.717) is 0 Å². The van der Waals surface area contributed by atoms with Crippen molar-refractivity contribution >= 4 is 33.2 Å². The zero-order valence-corrected chi connectivity index (χ0v) is 13.0. The molecule has 0 radical (unpaired) electrons. The second-order valence-electron chi connectivity index (χ2n) is 4.50. The number of halogens is 3. The van der Waals surface area contributed by atoms with Crippen LogP contribution in [0.2, 0.25) is 5.02 Å². The zero-order chi connectivity index (χ0) is 14.0. The van der Waals surface area contributed by atoms with Gasteiger partial charge in [0.1, 0.15) is 5.82 Å². The van der Waals surface area contributed by atoms with Crippen molar-refractivity contribution in [2.75, 3.05) is 5.32 Å². The summed E-state index contributed by atoms with van der Waals surface area (Å²) >= 11 is 9.64. The Morgan fingerprint density at radius 3 is 2.47 bits per heavy atom. The lowest BCUT2D eigenvalue weighted by Crippen LogP contribution is -2.07. The first-order valence-corrected chi connectivity index (χ1v) is 7.12. The summed E-state index contributed by atoms with van der Waals surface area (Å²) in [6.07, 6.45) is 0. The van der Waals surface area contributed by atoms with E-state index >= 15 is 0 Å². The molecule has 2 aromatic rings. The maximum absolute atomic E-state index is 12.9. The summed E-state index contributed by atoms with van der Waals surface area (Å²) in [7, 11) is 0. The Labute approximate surface area is 125 Å². The molecule has 0 spiro atoms. The zero-order valence-electron chi connectivity index (χ0n) is 10.7. The highest BCUT2D eigenvalue weighted by Gasteiger charge is 2.09. The minimum absolute atomic E-state index is 0.0654. The highest BCUT2D eigenvalue weighted by Crippen LogP contribution is 2.31. The van der Waals surface area contributed by atoms with Crippen molar-refractivity contribution in [2.45, 2.75) is 19.9 Å². The third-order valence-electron chi connectivity index (χ3n) is 2.99. The first-order valence-electron chi connectivity index (χ1n) is 5.95. The Bertz CT molecular complexity index is 583. The van der Waals surface area contributed by atoms with Crippen LogP contribution in [0.25, 0.3) is 0 Å². The standard InChI is InChI=1S/C15H14BrClFN/c1-9-7-13(16)15(8-14(9)17)19-10(2)11-3-5-12(18)6-4-11/h3-8,10,19H,1-2H3. The van der Waals surface area contributed by atoms with Crippen LogP contribution < -0.4 is 5.32 Å². The van der Waals surface area contributed by atoms with Crippen LogP contribution in [0.1, 0.15) is 24.1 Å². The molecular formula is C15H14BrClFN. The van der Waals surface area contributed by atoms with Gasteiger partial charge in [-0.1, -0.05) is 23.7 Å². The molecule has 0 saturated carbocycles. The average molecular weight is 343 g/mol. The van der Waals surface area contributed by atoms with Gasteiger partial charge in [0.2, 0.25) is 0 Å². The molecule has 0 aliphatic carbocycles. The minimum atomic E-state index is -0.226. The van der Waals surface area contributed by atoms with Crippen LogP contribution in [-0.4, -0.2) is 0 Å². The molecule has 2 aromatic carbocycles. The van der Waals surface area contributed by atoms with Gasteiger partial charge in [0.05, 0.1) is 5.69 Å². The van der Waals surface area contributed by atoms with Crippen molar-refractivity contribution < 1.29 is 4.39 Å². The van der Waals surface area contributed by atoms with Crippen molar-refractivity contribution in [1.29, 1.82) is 0 Å². The van der Waals surface area contributed by atoms with Gasteiger partial charge in [-0.15, -0.1) is 0 Å². The minimum Gasteiger partial charge on any atom is -0.378 e. The molecule has 0 fully saturated rings. The van der Waals surface area contributed by atoms with E-state index in [4.69, 9.17) is 11.6 Å². The van der Waals surface area contributed by atoms with Crippen molar-refractivity contribution in [3.8, 4) is 0 Å². The third kappa shape index (κ3) is 3.48.